The summed E-state index contributed by atoms with van der Waals surface area (Å²) in [6.07, 6.45) is 0.859. The summed E-state index contributed by atoms with van der Waals surface area (Å²) in [5, 5.41) is 5.69. The van der Waals surface area contributed by atoms with Crippen LogP contribution in [0.3, 0.4) is 0 Å². The lowest BCUT2D eigenvalue weighted by atomic mass is 10.2. The molecule has 0 aliphatic rings. The summed E-state index contributed by atoms with van der Waals surface area (Å²) < 4.78 is 41.4. The Morgan fingerprint density at radius 3 is 2.25 bits per heavy atom. The first-order chi connectivity index (χ1) is 13.2. The lowest BCUT2D eigenvalue weighted by Crippen LogP contribution is -2.16. The maximum absolute atomic E-state index is 12.0. The van der Waals surface area contributed by atoms with Gasteiger partial charge in [0.05, 0.1) is 36.6 Å². The largest absolute Gasteiger partial charge is 0.466 e. The van der Waals surface area contributed by atoms with Crippen LogP contribution in [-0.2, 0) is 29.2 Å². The number of carbonyl (C=O) groups is 2. The van der Waals surface area contributed by atoms with Gasteiger partial charge in [-0.15, -0.1) is 0 Å². The van der Waals surface area contributed by atoms with Crippen molar-refractivity contribution in [1.29, 1.82) is 0 Å². The summed E-state index contributed by atoms with van der Waals surface area (Å²) >= 11 is 0. The van der Waals surface area contributed by atoms with Gasteiger partial charge in [-0.2, -0.15) is 8.42 Å². The number of carbonyl (C=O) groups excluding carboxylic acids is 2. The van der Waals surface area contributed by atoms with E-state index in [1.165, 1.54) is 12.1 Å². The molecule has 0 saturated heterocycles. The minimum absolute atomic E-state index is 0.0968. The van der Waals surface area contributed by atoms with Crippen LogP contribution < -0.4 is 10.6 Å². The molecule has 2 rings (SSSR count). The first-order valence-corrected chi connectivity index (χ1v) is 9.27. The predicted molar refractivity (Wildman–Crippen MR) is 102 cm³/mol. The number of nitrogens with one attached hydrogen (secondary N) is 2. The zero-order valence-corrected chi connectivity index (χ0v) is 15.8. The van der Waals surface area contributed by atoms with Gasteiger partial charge in [0.2, 0.25) is 0 Å². The van der Waals surface area contributed by atoms with Crippen molar-refractivity contribution >= 4 is 39.1 Å². The predicted octanol–water partition coefficient (Wildman–Crippen LogP) is 2.32. The van der Waals surface area contributed by atoms with Crippen LogP contribution >= 0.6 is 0 Å². The van der Waals surface area contributed by atoms with Gasteiger partial charge in [-0.05, 0) is 30.3 Å². The third-order valence-electron chi connectivity index (χ3n) is 3.48. The fourth-order valence-electron chi connectivity index (χ4n) is 2.15. The Morgan fingerprint density at radius 2 is 1.68 bits per heavy atom. The van der Waals surface area contributed by atoms with Gasteiger partial charge < -0.3 is 20.1 Å². The van der Waals surface area contributed by atoms with Crippen molar-refractivity contribution in [2.45, 2.75) is 4.90 Å². The second kappa shape index (κ2) is 9.02. The Labute approximate surface area is 161 Å². The van der Waals surface area contributed by atoms with Crippen LogP contribution in [-0.4, -0.2) is 39.1 Å². The highest BCUT2D eigenvalue weighted by molar-refractivity contribution is 7.85. The molecule has 28 heavy (non-hydrogen) atoms. The molecule has 0 aromatic heterocycles. The SMILES string of the molecule is COC(=O)/C=C(/Nc1cc(S(=O)(=O)O)ccc1Nc1ccccc1)C(=O)OC. The van der Waals surface area contributed by atoms with Crippen molar-refractivity contribution in [1.82, 2.24) is 0 Å². The minimum atomic E-state index is -4.50. The molecule has 0 spiro atoms. The van der Waals surface area contributed by atoms with Crippen molar-refractivity contribution in [3.8, 4) is 0 Å². The highest BCUT2D eigenvalue weighted by Gasteiger charge is 2.18. The molecule has 0 amide bonds. The van der Waals surface area contributed by atoms with E-state index in [-0.39, 0.29) is 11.4 Å². The van der Waals surface area contributed by atoms with Crippen LogP contribution in [0.15, 0.2) is 65.2 Å². The van der Waals surface area contributed by atoms with E-state index in [0.717, 1.165) is 26.4 Å². The van der Waals surface area contributed by atoms with Crippen LogP contribution in [0, 0.1) is 0 Å². The van der Waals surface area contributed by atoms with Gasteiger partial charge in [0.25, 0.3) is 10.1 Å². The maximum atomic E-state index is 12.0. The molecule has 0 atom stereocenters. The molecule has 2 aromatic rings. The molecule has 9 nitrogen and oxygen atoms in total. The molecule has 0 bridgehead atoms. The van der Waals surface area contributed by atoms with E-state index in [9.17, 15) is 22.6 Å². The minimum Gasteiger partial charge on any atom is -0.466 e. The fourth-order valence-corrected chi connectivity index (χ4v) is 2.66. The summed E-state index contributed by atoms with van der Waals surface area (Å²) in [6.45, 7) is 0. The van der Waals surface area contributed by atoms with Crippen LogP contribution in [0.5, 0.6) is 0 Å². The molecule has 0 fully saturated rings. The third kappa shape index (κ3) is 5.56. The summed E-state index contributed by atoms with van der Waals surface area (Å²) in [4.78, 5) is 23.1. The van der Waals surface area contributed by atoms with Gasteiger partial charge in [0.15, 0.2) is 0 Å². The Morgan fingerprint density at radius 1 is 1.00 bits per heavy atom. The lowest BCUT2D eigenvalue weighted by molar-refractivity contribution is -0.138. The van der Waals surface area contributed by atoms with Crippen molar-refractivity contribution in [3.63, 3.8) is 0 Å². The number of anilines is 3. The van der Waals surface area contributed by atoms with E-state index in [1.54, 1.807) is 24.3 Å². The summed E-state index contributed by atoms with van der Waals surface area (Å²) in [6, 6.07) is 12.6. The average molecular weight is 406 g/mol. The number of hydrogen-bond acceptors (Lipinski definition) is 8. The molecular formula is C18H18N2O7S. The molecule has 2 aromatic carbocycles. The molecule has 0 unspecified atom stereocenters. The van der Waals surface area contributed by atoms with E-state index in [2.05, 4.69) is 20.1 Å². The van der Waals surface area contributed by atoms with Crippen LogP contribution in [0.2, 0.25) is 0 Å². The first kappa shape index (κ1) is 20.9. The molecular weight excluding hydrogens is 388 g/mol. The van der Waals surface area contributed by atoms with E-state index in [1.807, 2.05) is 6.07 Å². The second-order valence-electron chi connectivity index (χ2n) is 5.37. The lowest BCUT2D eigenvalue weighted by Gasteiger charge is -2.16. The van der Waals surface area contributed by atoms with Gasteiger partial charge in [-0.25, -0.2) is 9.59 Å². The second-order valence-corrected chi connectivity index (χ2v) is 6.79. The quantitative estimate of drug-likeness (QED) is 0.360. The van der Waals surface area contributed by atoms with Crippen molar-refractivity contribution in [3.05, 3.63) is 60.3 Å². The average Bonchev–Trinajstić information content (AvgIpc) is 2.67. The van der Waals surface area contributed by atoms with Gasteiger partial charge in [-0.3, -0.25) is 4.55 Å². The van der Waals surface area contributed by atoms with E-state index in [0.29, 0.717) is 11.4 Å². The number of para-hydroxylation sites is 1. The monoisotopic (exact) mass is 406 g/mol. The molecule has 3 N–H and O–H groups in total. The van der Waals surface area contributed by atoms with Crippen molar-refractivity contribution in [2.24, 2.45) is 0 Å². The Bertz CT molecular complexity index is 1000. The zero-order valence-electron chi connectivity index (χ0n) is 15.0. The molecule has 0 saturated carbocycles. The number of rotatable bonds is 7. The highest BCUT2D eigenvalue weighted by atomic mass is 32.2. The molecule has 0 heterocycles. The molecule has 0 radical (unpaired) electrons. The van der Waals surface area contributed by atoms with Crippen LogP contribution in [0.1, 0.15) is 0 Å². The highest BCUT2D eigenvalue weighted by Crippen LogP contribution is 2.29. The summed E-state index contributed by atoms with van der Waals surface area (Å²) in [5.41, 5.74) is 0.859. The van der Waals surface area contributed by atoms with E-state index < -0.39 is 27.0 Å². The van der Waals surface area contributed by atoms with E-state index in [4.69, 9.17) is 0 Å². The third-order valence-corrected chi connectivity index (χ3v) is 4.33. The number of methoxy groups -OCH3 is 2. The smallest absolute Gasteiger partial charge is 0.354 e. The number of hydrogen-bond donors (Lipinski definition) is 3. The topological polar surface area (TPSA) is 131 Å². The standard InChI is InChI=1S/C18H18N2O7S/c1-26-17(21)11-16(18(22)27-2)20-15-10-13(28(23,24)25)8-9-14(15)19-12-6-4-3-5-7-12/h3-11,19-20H,1-2H3,(H,23,24,25)/b16-11+. The fraction of sp³-hybridized carbons (Fsp3) is 0.111. The van der Waals surface area contributed by atoms with Gasteiger partial charge in [0, 0.05) is 5.69 Å². The normalized spacial score (nSPS) is 11.5. The number of ether oxygens (including phenoxy) is 2. The van der Waals surface area contributed by atoms with Gasteiger partial charge in [-0.1, -0.05) is 18.2 Å². The van der Waals surface area contributed by atoms with Crippen molar-refractivity contribution < 1.29 is 32.0 Å². The Balaban J connectivity index is 2.52. The van der Waals surface area contributed by atoms with Gasteiger partial charge in [0.1, 0.15) is 5.70 Å². The van der Waals surface area contributed by atoms with Crippen LogP contribution in [0.4, 0.5) is 17.1 Å². The van der Waals surface area contributed by atoms with E-state index >= 15 is 0 Å². The Hall–Kier alpha value is -3.37. The molecule has 0 aliphatic heterocycles. The summed E-state index contributed by atoms with van der Waals surface area (Å²) in [7, 11) is -2.25. The molecule has 148 valence electrons. The molecule has 10 heteroatoms. The van der Waals surface area contributed by atoms with Gasteiger partial charge >= 0.3 is 11.9 Å². The number of benzene rings is 2. The number of esters is 2. The Kier molecular flexibility index (Phi) is 6.74. The zero-order chi connectivity index (χ0) is 20.7. The summed E-state index contributed by atoms with van der Waals surface area (Å²) in [5.74, 6) is -1.70. The first-order valence-electron chi connectivity index (χ1n) is 7.83. The maximum Gasteiger partial charge on any atom is 0.354 e. The molecule has 0 aliphatic carbocycles. The van der Waals surface area contributed by atoms with Crippen LogP contribution in [0.25, 0.3) is 0 Å². The van der Waals surface area contributed by atoms with Crippen molar-refractivity contribution in [2.75, 3.05) is 24.9 Å².